The summed E-state index contributed by atoms with van der Waals surface area (Å²) >= 11 is 7.50. The molecular weight excluding hydrogens is 501 g/mol. The van der Waals surface area contributed by atoms with Crippen molar-refractivity contribution in [3.8, 4) is 5.69 Å². The minimum absolute atomic E-state index is 0.0872. The van der Waals surface area contributed by atoms with Gasteiger partial charge in [-0.2, -0.15) is 5.10 Å². The summed E-state index contributed by atoms with van der Waals surface area (Å²) < 4.78 is 15.9. The van der Waals surface area contributed by atoms with Gasteiger partial charge in [0.1, 0.15) is 17.3 Å². The van der Waals surface area contributed by atoms with Gasteiger partial charge in [-0.25, -0.2) is 14.1 Å². The van der Waals surface area contributed by atoms with Crippen LogP contribution in [0.4, 0.5) is 10.2 Å². The van der Waals surface area contributed by atoms with Gasteiger partial charge in [-0.15, -0.1) is 11.3 Å². The molecule has 2 aromatic carbocycles. The van der Waals surface area contributed by atoms with E-state index in [2.05, 4.69) is 15.4 Å². The van der Waals surface area contributed by atoms with Crippen LogP contribution in [0.25, 0.3) is 5.69 Å². The average Bonchev–Trinajstić information content (AvgIpc) is 3.51. The minimum atomic E-state index is -0.617. The highest BCUT2D eigenvalue weighted by Crippen LogP contribution is 2.32. The second kappa shape index (κ2) is 10.2. The summed E-state index contributed by atoms with van der Waals surface area (Å²) in [4.78, 5) is 32.0. The number of thiazole rings is 1. The Balaban J connectivity index is 1.24. The zero-order chi connectivity index (χ0) is 25.2. The van der Waals surface area contributed by atoms with Gasteiger partial charge in [0.25, 0.3) is 11.8 Å². The molecule has 0 atom stereocenters. The molecule has 1 saturated heterocycles. The summed E-state index contributed by atoms with van der Waals surface area (Å²) in [6, 6.07) is 15.6. The van der Waals surface area contributed by atoms with Crippen molar-refractivity contribution in [3.63, 3.8) is 0 Å². The van der Waals surface area contributed by atoms with Crippen LogP contribution in [0, 0.1) is 12.7 Å². The van der Waals surface area contributed by atoms with Crippen molar-refractivity contribution in [3.05, 3.63) is 92.8 Å². The van der Waals surface area contributed by atoms with Gasteiger partial charge in [-0.1, -0.05) is 35.9 Å². The van der Waals surface area contributed by atoms with E-state index in [0.29, 0.717) is 37.4 Å². The van der Waals surface area contributed by atoms with E-state index >= 15 is 0 Å². The highest BCUT2D eigenvalue weighted by molar-refractivity contribution is 7.10. The number of rotatable bonds is 5. The van der Waals surface area contributed by atoms with E-state index in [4.69, 9.17) is 11.6 Å². The maximum absolute atomic E-state index is 14.2. The van der Waals surface area contributed by atoms with Crippen LogP contribution in [0.15, 0.2) is 60.0 Å². The molecule has 0 unspecified atom stereocenters. The van der Waals surface area contributed by atoms with Gasteiger partial charge >= 0.3 is 0 Å². The number of likely N-dealkylation sites (tertiary alicyclic amines) is 1. The summed E-state index contributed by atoms with van der Waals surface area (Å²) in [6.45, 7) is 2.79. The second-order valence-corrected chi connectivity index (χ2v) is 9.90. The van der Waals surface area contributed by atoms with Gasteiger partial charge in [0.2, 0.25) is 0 Å². The molecular formula is C26H23ClFN5O2S. The van der Waals surface area contributed by atoms with E-state index in [1.807, 2.05) is 43.3 Å². The van der Waals surface area contributed by atoms with Crippen LogP contribution in [-0.4, -0.2) is 44.6 Å². The Kier molecular flexibility index (Phi) is 6.84. The van der Waals surface area contributed by atoms with Gasteiger partial charge in [-0.3, -0.25) is 9.59 Å². The number of aryl methyl sites for hydroxylation is 1. The van der Waals surface area contributed by atoms with E-state index in [-0.39, 0.29) is 22.4 Å². The molecule has 10 heteroatoms. The van der Waals surface area contributed by atoms with Gasteiger partial charge in [0.05, 0.1) is 27.0 Å². The van der Waals surface area contributed by atoms with Crippen molar-refractivity contribution in [2.75, 3.05) is 18.4 Å². The molecule has 1 aliphatic rings. The first-order valence-corrected chi connectivity index (χ1v) is 12.8. The summed E-state index contributed by atoms with van der Waals surface area (Å²) in [6.07, 6.45) is 1.35. The molecule has 184 valence electrons. The van der Waals surface area contributed by atoms with Crippen LogP contribution in [0.5, 0.6) is 0 Å². The maximum atomic E-state index is 14.2. The highest BCUT2D eigenvalue weighted by atomic mass is 35.5. The van der Waals surface area contributed by atoms with E-state index in [9.17, 15) is 14.0 Å². The molecule has 5 rings (SSSR count). The summed E-state index contributed by atoms with van der Waals surface area (Å²) in [5, 5.41) is 10.1. The van der Waals surface area contributed by atoms with Crippen LogP contribution in [0.3, 0.4) is 0 Å². The third-order valence-corrected chi connectivity index (χ3v) is 7.46. The molecule has 4 aromatic rings. The number of para-hydroxylation sites is 1. The summed E-state index contributed by atoms with van der Waals surface area (Å²) in [7, 11) is 0. The number of halogens is 2. The fourth-order valence-corrected chi connectivity index (χ4v) is 5.52. The molecule has 0 bridgehead atoms. The van der Waals surface area contributed by atoms with Crippen molar-refractivity contribution < 1.29 is 14.0 Å². The molecule has 3 heterocycles. The van der Waals surface area contributed by atoms with Gasteiger partial charge in [-0.05, 0) is 44.0 Å². The molecule has 1 fully saturated rings. The summed E-state index contributed by atoms with van der Waals surface area (Å²) in [5.41, 5.74) is 1.88. The van der Waals surface area contributed by atoms with E-state index in [1.54, 1.807) is 15.0 Å². The number of nitrogens with one attached hydrogen (secondary N) is 1. The first kappa shape index (κ1) is 24.1. The monoisotopic (exact) mass is 523 g/mol. The van der Waals surface area contributed by atoms with E-state index in [0.717, 1.165) is 16.4 Å². The lowest BCUT2D eigenvalue weighted by Gasteiger charge is -2.31. The van der Waals surface area contributed by atoms with Crippen molar-refractivity contribution in [1.29, 1.82) is 0 Å². The lowest BCUT2D eigenvalue weighted by Crippen LogP contribution is -2.38. The number of hydrogen-bond acceptors (Lipinski definition) is 5. The van der Waals surface area contributed by atoms with Crippen molar-refractivity contribution in [1.82, 2.24) is 19.7 Å². The zero-order valence-electron chi connectivity index (χ0n) is 19.4. The minimum Gasteiger partial charge on any atom is -0.338 e. The number of aromatic nitrogens is 3. The number of carbonyl (C=O) groups excluding carboxylic acids is 2. The number of hydrogen-bond donors (Lipinski definition) is 1. The number of piperidine rings is 1. The molecule has 1 N–H and O–H groups in total. The lowest BCUT2D eigenvalue weighted by molar-refractivity contribution is 0.0708. The van der Waals surface area contributed by atoms with Gasteiger partial charge in [0.15, 0.2) is 0 Å². The molecule has 36 heavy (non-hydrogen) atoms. The molecule has 0 aliphatic carbocycles. The standard InChI is InChI=1S/C26H23ClFN5O2S/c1-16-14-22(33(31-16)18-6-3-2-4-7-18)30-24(34)21-15-36-25(29-21)17-10-12-32(13-11-17)26(35)23-19(27)8-5-9-20(23)28/h2-9,14-15,17H,10-13H2,1H3,(H,30,34). The second-order valence-electron chi connectivity index (χ2n) is 8.61. The molecule has 0 spiro atoms. The topological polar surface area (TPSA) is 80.1 Å². The predicted octanol–water partition coefficient (Wildman–Crippen LogP) is 5.70. The normalized spacial score (nSPS) is 14.1. The number of benzene rings is 2. The summed E-state index contributed by atoms with van der Waals surface area (Å²) in [5.74, 6) is -0.642. The zero-order valence-corrected chi connectivity index (χ0v) is 21.0. The van der Waals surface area contributed by atoms with Crippen LogP contribution >= 0.6 is 22.9 Å². The Hall–Kier alpha value is -3.56. The molecule has 1 aliphatic heterocycles. The maximum Gasteiger partial charge on any atom is 0.276 e. The molecule has 2 amide bonds. The third-order valence-electron chi connectivity index (χ3n) is 6.14. The number of nitrogens with zero attached hydrogens (tertiary/aromatic N) is 4. The fourth-order valence-electron chi connectivity index (χ4n) is 4.30. The molecule has 0 radical (unpaired) electrons. The largest absolute Gasteiger partial charge is 0.338 e. The van der Waals surface area contributed by atoms with Crippen LogP contribution < -0.4 is 5.32 Å². The Bertz CT molecular complexity index is 1390. The van der Waals surface area contributed by atoms with Gasteiger partial charge < -0.3 is 10.2 Å². The Morgan fingerprint density at radius 2 is 1.86 bits per heavy atom. The van der Waals surface area contributed by atoms with Crippen molar-refractivity contribution in [2.45, 2.75) is 25.7 Å². The Morgan fingerprint density at radius 1 is 1.11 bits per heavy atom. The van der Waals surface area contributed by atoms with Crippen molar-refractivity contribution >= 4 is 40.6 Å². The van der Waals surface area contributed by atoms with Crippen LogP contribution in [0.1, 0.15) is 50.3 Å². The molecule has 0 saturated carbocycles. The first-order valence-electron chi connectivity index (χ1n) is 11.5. The lowest BCUT2D eigenvalue weighted by atomic mass is 9.97. The molecule has 2 aromatic heterocycles. The Labute approximate surface area is 216 Å². The van der Waals surface area contributed by atoms with Crippen LogP contribution in [0.2, 0.25) is 5.02 Å². The quantitative estimate of drug-likeness (QED) is 0.364. The van der Waals surface area contributed by atoms with E-state index in [1.165, 1.54) is 29.5 Å². The number of carbonyl (C=O) groups is 2. The number of anilines is 1. The molecule has 7 nitrogen and oxygen atoms in total. The Morgan fingerprint density at radius 3 is 2.58 bits per heavy atom. The fraction of sp³-hybridized carbons (Fsp3) is 0.231. The third kappa shape index (κ3) is 4.89. The predicted molar refractivity (Wildman–Crippen MR) is 138 cm³/mol. The highest BCUT2D eigenvalue weighted by Gasteiger charge is 2.29. The number of amides is 2. The van der Waals surface area contributed by atoms with E-state index < -0.39 is 11.7 Å². The average molecular weight is 524 g/mol. The van der Waals surface area contributed by atoms with Crippen molar-refractivity contribution in [2.24, 2.45) is 0 Å². The smallest absolute Gasteiger partial charge is 0.276 e. The van der Waals surface area contributed by atoms with Crippen LogP contribution in [-0.2, 0) is 0 Å². The first-order chi connectivity index (χ1) is 17.4. The SMILES string of the molecule is Cc1cc(NC(=O)c2csc(C3CCN(C(=O)c4c(F)cccc4Cl)CC3)n2)n(-c2ccccc2)n1. The van der Waals surface area contributed by atoms with Gasteiger partial charge in [0, 0.05) is 30.5 Å².